The van der Waals surface area contributed by atoms with Crippen molar-refractivity contribution in [3.63, 3.8) is 0 Å². The summed E-state index contributed by atoms with van der Waals surface area (Å²) in [6.45, 7) is 0. The van der Waals surface area contributed by atoms with Crippen molar-refractivity contribution in [3.8, 4) is 0 Å². The van der Waals surface area contributed by atoms with Gasteiger partial charge in [0, 0.05) is 0 Å². The van der Waals surface area contributed by atoms with Crippen molar-refractivity contribution < 1.29 is 43.5 Å². The van der Waals surface area contributed by atoms with Gasteiger partial charge in [0.1, 0.15) is 11.8 Å². The van der Waals surface area contributed by atoms with E-state index < -0.39 is 59.4 Å². The standard InChI is InChI=1S/C16H18O9/c17-12-7-3-1-2-6-16(7,15(20)21)23-13(18)10-8-4-5-9(22-8)11(10)14(19)25-24-12/h7-11H,1-6H2,(H,20,21). The Hall–Kier alpha value is -2.16. The minimum atomic E-state index is -2.00. The molecule has 3 saturated heterocycles. The fourth-order valence-corrected chi connectivity index (χ4v) is 4.59. The third-order valence-corrected chi connectivity index (χ3v) is 5.81. The fraction of sp³-hybridized carbons (Fsp3) is 0.750. The van der Waals surface area contributed by atoms with Gasteiger partial charge < -0.3 is 14.6 Å². The van der Waals surface area contributed by atoms with Crippen molar-refractivity contribution in [1.29, 1.82) is 0 Å². The first-order chi connectivity index (χ1) is 11.9. The molecule has 0 aromatic carbocycles. The molecule has 4 aliphatic rings. The monoisotopic (exact) mass is 354 g/mol. The molecule has 1 saturated carbocycles. The van der Waals surface area contributed by atoms with E-state index in [9.17, 15) is 24.3 Å². The molecule has 0 aromatic heterocycles. The summed E-state index contributed by atoms with van der Waals surface area (Å²) in [5.41, 5.74) is -2.00. The molecule has 4 rings (SSSR count). The van der Waals surface area contributed by atoms with E-state index in [1.165, 1.54) is 0 Å². The van der Waals surface area contributed by atoms with Gasteiger partial charge in [-0.25, -0.2) is 24.2 Å². The lowest BCUT2D eigenvalue weighted by Gasteiger charge is -2.40. The van der Waals surface area contributed by atoms with Gasteiger partial charge in [0.15, 0.2) is 0 Å². The van der Waals surface area contributed by atoms with Gasteiger partial charge in [-0.3, -0.25) is 4.79 Å². The van der Waals surface area contributed by atoms with E-state index in [4.69, 9.17) is 9.47 Å². The highest BCUT2D eigenvalue weighted by Gasteiger charge is 2.62. The molecular weight excluding hydrogens is 336 g/mol. The summed E-state index contributed by atoms with van der Waals surface area (Å²) in [6.07, 6.45) is 1.39. The number of hydrogen-bond acceptors (Lipinski definition) is 8. The van der Waals surface area contributed by atoms with Crippen LogP contribution in [-0.2, 0) is 38.4 Å². The first kappa shape index (κ1) is 16.3. The zero-order valence-electron chi connectivity index (χ0n) is 13.3. The summed E-state index contributed by atoms with van der Waals surface area (Å²) in [5, 5.41) is 9.74. The van der Waals surface area contributed by atoms with Crippen LogP contribution in [0.4, 0.5) is 0 Å². The second-order valence-corrected chi connectivity index (χ2v) is 7.06. The van der Waals surface area contributed by atoms with Crippen LogP contribution in [0.1, 0.15) is 38.5 Å². The third kappa shape index (κ3) is 2.32. The quantitative estimate of drug-likeness (QED) is 0.524. The molecule has 2 bridgehead atoms. The summed E-state index contributed by atoms with van der Waals surface area (Å²) in [4.78, 5) is 58.6. The number of esters is 1. The Morgan fingerprint density at radius 1 is 0.920 bits per heavy atom. The number of aliphatic carboxylic acids is 1. The number of carbonyl (C=O) groups is 4. The normalized spacial score (nSPS) is 43.4. The molecule has 136 valence electrons. The van der Waals surface area contributed by atoms with E-state index >= 15 is 0 Å². The van der Waals surface area contributed by atoms with Gasteiger partial charge in [0.2, 0.25) is 5.60 Å². The molecule has 6 atom stereocenters. The second-order valence-electron chi connectivity index (χ2n) is 7.06. The molecular formula is C16H18O9. The Balaban J connectivity index is 1.73. The van der Waals surface area contributed by atoms with Crippen LogP contribution in [0, 0.1) is 17.8 Å². The van der Waals surface area contributed by atoms with Gasteiger partial charge in [0.25, 0.3) is 0 Å². The number of rotatable bonds is 1. The maximum atomic E-state index is 12.8. The number of ether oxygens (including phenoxy) is 2. The van der Waals surface area contributed by atoms with E-state index in [1.54, 1.807) is 0 Å². The molecule has 25 heavy (non-hydrogen) atoms. The van der Waals surface area contributed by atoms with Crippen LogP contribution in [0.5, 0.6) is 0 Å². The SMILES string of the molecule is O=C1OOC(=O)C2CCCCC2(C(=O)O)OC(=O)C2C3CCC(O3)C12. The van der Waals surface area contributed by atoms with E-state index in [2.05, 4.69) is 9.78 Å². The Morgan fingerprint density at radius 2 is 1.56 bits per heavy atom. The topological polar surface area (TPSA) is 125 Å². The summed E-state index contributed by atoms with van der Waals surface area (Å²) in [6, 6.07) is 0. The van der Waals surface area contributed by atoms with Crippen LogP contribution in [0.15, 0.2) is 0 Å². The van der Waals surface area contributed by atoms with Crippen LogP contribution in [-0.4, -0.2) is 46.8 Å². The van der Waals surface area contributed by atoms with E-state index in [1.807, 2.05) is 0 Å². The predicted octanol–water partition coefficient (Wildman–Crippen LogP) is 0.352. The average Bonchev–Trinajstić information content (AvgIpc) is 3.20. The lowest BCUT2D eigenvalue weighted by atomic mass is 9.74. The molecule has 3 heterocycles. The molecule has 1 N–H and O–H groups in total. The zero-order valence-corrected chi connectivity index (χ0v) is 13.3. The Labute approximate surface area is 142 Å². The molecule has 0 radical (unpaired) electrons. The van der Waals surface area contributed by atoms with Crippen LogP contribution in [0.3, 0.4) is 0 Å². The van der Waals surface area contributed by atoms with E-state index in [-0.39, 0.29) is 12.8 Å². The van der Waals surface area contributed by atoms with Gasteiger partial charge in [-0.05, 0) is 32.1 Å². The Bertz CT molecular complexity index is 644. The molecule has 3 aliphatic heterocycles. The molecule has 0 spiro atoms. The van der Waals surface area contributed by atoms with Gasteiger partial charge in [-0.2, -0.15) is 0 Å². The Morgan fingerprint density at radius 3 is 2.24 bits per heavy atom. The molecule has 9 heteroatoms. The van der Waals surface area contributed by atoms with Gasteiger partial charge in [-0.15, -0.1) is 0 Å². The largest absolute Gasteiger partial charge is 0.478 e. The first-order valence-corrected chi connectivity index (χ1v) is 8.48. The van der Waals surface area contributed by atoms with Crippen molar-refractivity contribution in [1.82, 2.24) is 0 Å². The Kier molecular flexibility index (Phi) is 3.71. The maximum Gasteiger partial charge on any atom is 0.363 e. The van der Waals surface area contributed by atoms with E-state index in [0.717, 1.165) is 0 Å². The number of fused-ring (bicyclic) bond motifs is 6. The summed E-state index contributed by atoms with van der Waals surface area (Å²) >= 11 is 0. The maximum absolute atomic E-state index is 12.8. The second kappa shape index (κ2) is 5.69. The highest BCUT2D eigenvalue weighted by atomic mass is 17.2. The third-order valence-electron chi connectivity index (χ3n) is 5.81. The minimum absolute atomic E-state index is 0.00806. The highest BCUT2D eigenvalue weighted by molar-refractivity contribution is 5.92. The molecule has 4 fully saturated rings. The lowest BCUT2D eigenvalue weighted by molar-refractivity contribution is -0.275. The van der Waals surface area contributed by atoms with Crippen LogP contribution >= 0.6 is 0 Å². The predicted molar refractivity (Wildman–Crippen MR) is 75.5 cm³/mol. The minimum Gasteiger partial charge on any atom is -0.478 e. The van der Waals surface area contributed by atoms with Crippen molar-refractivity contribution in [2.24, 2.45) is 17.8 Å². The van der Waals surface area contributed by atoms with Crippen LogP contribution in [0.25, 0.3) is 0 Å². The summed E-state index contributed by atoms with van der Waals surface area (Å²) in [5.74, 6) is -7.20. The smallest absolute Gasteiger partial charge is 0.363 e. The van der Waals surface area contributed by atoms with Crippen molar-refractivity contribution in [2.45, 2.75) is 56.3 Å². The number of carbonyl (C=O) groups excluding carboxylic acids is 3. The molecule has 0 aromatic rings. The average molecular weight is 354 g/mol. The number of carboxylic acid groups (broad SMARTS) is 1. The van der Waals surface area contributed by atoms with Gasteiger partial charge in [-0.1, -0.05) is 6.42 Å². The van der Waals surface area contributed by atoms with Crippen molar-refractivity contribution in [3.05, 3.63) is 0 Å². The highest BCUT2D eigenvalue weighted by Crippen LogP contribution is 2.47. The van der Waals surface area contributed by atoms with E-state index in [0.29, 0.717) is 25.7 Å². The number of carboxylic acids is 1. The molecule has 9 nitrogen and oxygen atoms in total. The zero-order chi connectivity index (χ0) is 17.8. The summed E-state index contributed by atoms with van der Waals surface area (Å²) in [7, 11) is 0. The van der Waals surface area contributed by atoms with Gasteiger partial charge >= 0.3 is 23.9 Å². The number of hydrogen-bond donors (Lipinski definition) is 1. The summed E-state index contributed by atoms with van der Waals surface area (Å²) < 4.78 is 11.1. The molecule has 0 amide bonds. The first-order valence-electron chi connectivity index (χ1n) is 8.48. The van der Waals surface area contributed by atoms with Gasteiger partial charge in [0.05, 0.1) is 18.1 Å². The van der Waals surface area contributed by atoms with Crippen LogP contribution in [0.2, 0.25) is 0 Å². The fourth-order valence-electron chi connectivity index (χ4n) is 4.59. The lowest BCUT2D eigenvalue weighted by Crippen LogP contribution is -2.57. The molecule has 1 aliphatic carbocycles. The van der Waals surface area contributed by atoms with Crippen LogP contribution < -0.4 is 0 Å². The van der Waals surface area contributed by atoms with Crippen molar-refractivity contribution in [2.75, 3.05) is 0 Å². The molecule has 6 unspecified atom stereocenters. The van der Waals surface area contributed by atoms with Crippen molar-refractivity contribution >= 4 is 23.9 Å².